The third kappa shape index (κ3) is 6.71. The molecule has 5 aliphatic rings. The number of rotatable bonds is 10. The normalized spacial score (nSPS) is 24.9. The number of carbonyl (C=O) groups excluding carboxylic acids is 4. The molecule has 14 nitrogen and oxygen atoms in total. The van der Waals surface area contributed by atoms with Gasteiger partial charge in [-0.2, -0.15) is 20.4 Å². The Hall–Kier alpha value is -6.64. The van der Waals surface area contributed by atoms with Crippen molar-refractivity contribution in [3.05, 3.63) is 121 Å². The van der Waals surface area contributed by atoms with Gasteiger partial charge in [0.25, 0.3) is 23.6 Å². The van der Waals surface area contributed by atoms with Crippen LogP contribution >= 0.6 is 0 Å². The zero-order valence-electron chi connectivity index (χ0n) is 33.9. The number of amides is 4. The van der Waals surface area contributed by atoms with Crippen molar-refractivity contribution in [1.29, 1.82) is 0 Å². The zero-order chi connectivity index (χ0) is 41.7. The highest BCUT2D eigenvalue weighted by molar-refractivity contribution is 6.21. The SMILES string of the molecule is CC1=NN(c2ccccc2)C(=O)C1C(C1C(=O)N(c2ccccc2)N=C1C)N1CCN(C(C2C(=O)N(c3ccccc3)N=C2C)C2C(=O)N(c3ccccc3)N=C2C)CC1. The molecule has 0 spiro atoms. The third-order valence-electron chi connectivity index (χ3n) is 12.3. The van der Waals surface area contributed by atoms with Crippen LogP contribution in [0.3, 0.4) is 0 Å². The van der Waals surface area contributed by atoms with Gasteiger partial charge in [-0.15, -0.1) is 0 Å². The van der Waals surface area contributed by atoms with Crippen LogP contribution in [0.25, 0.3) is 0 Å². The molecule has 304 valence electrons. The Labute approximate surface area is 348 Å². The molecule has 1 fully saturated rings. The number of anilines is 4. The van der Waals surface area contributed by atoms with Gasteiger partial charge in [-0.1, -0.05) is 72.8 Å². The van der Waals surface area contributed by atoms with E-state index in [0.717, 1.165) is 0 Å². The molecule has 0 radical (unpaired) electrons. The molecule has 5 aliphatic heterocycles. The van der Waals surface area contributed by atoms with Crippen LogP contribution in [0.5, 0.6) is 0 Å². The number of hydrogen-bond acceptors (Lipinski definition) is 10. The summed E-state index contributed by atoms with van der Waals surface area (Å²) >= 11 is 0. The molecule has 4 aromatic rings. The van der Waals surface area contributed by atoms with E-state index in [1.165, 1.54) is 20.0 Å². The van der Waals surface area contributed by atoms with Crippen molar-refractivity contribution in [3.8, 4) is 0 Å². The number of para-hydroxylation sites is 4. The van der Waals surface area contributed by atoms with Gasteiger partial charge in [0.1, 0.15) is 0 Å². The molecule has 4 amide bonds. The predicted molar refractivity (Wildman–Crippen MR) is 233 cm³/mol. The van der Waals surface area contributed by atoms with Crippen molar-refractivity contribution in [2.45, 2.75) is 39.8 Å². The molecule has 1 saturated heterocycles. The van der Waals surface area contributed by atoms with E-state index in [4.69, 9.17) is 20.4 Å². The minimum atomic E-state index is -0.738. The predicted octanol–water partition coefficient (Wildman–Crippen LogP) is 5.50. The van der Waals surface area contributed by atoms with Crippen molar-refractivity contribution >= 4 is 69.2 Å². The number of benzene rings is 4. The number of piperazine rings is 1. The zero-order valence-corrected chi connectivity index (χ0v) is 33.9. The first-order valence-electron chi connectivity index (χ1n) is 20.4. The van der Waals surface area contributed by atoms with Gasteiger partial charge in [0.05, 0.1) is 69.3 Å². The number of carbonyl (C=O) groups is 4. The number of nitrogens with zero attached hydrogens (tertiary/aromatic N) is 10. The van der Waals surface area contributed by atoms with Gasteiger partial charge >= 0.3 is 0 Å². The average molecular weight is 803 g/mol. The minimum absolute atomic E-state index is 0.212. The maximum Gasteiger partial charge on any atom is 0.257 e. The lowest BCUT2D eigenvalue weighted by molar-refractivity contribution is -0.129. The summed E-state index contributed by atoms with van der Waals surface area (Å²) in [7, 11) is 0. The van der Waals surface area contributed by atoms with Crippen molar-refractivity contribution in [2.24, 2.45) is 44.1 Å². The Balaban J connectivity index is 1.05. The quantitative estimate of drug-likeness (QED) is 0.208. The molecule has 60 heavy (non-hydrogen) atoms. The molecule has 4 aromatic carbocycles. The van der Waals surface area contributed by atoms with E-state index in [9.17, 15) is 19.2 Å². The molecule has 14 heteroatoms. The highest BCUT2D eigenvalue weighted by Crippen LogP contribution is 2.39. The van der Waals surface area contributed by atoms with Gasteiger partial charge in [0, 0.05) is 38.3 Å². The lowest BCUT2D eigenvalue weighted by Crippen LogP contribution is -2.63. The van der Waals surface area contributed by atoms with Gasteiger partial charge in [0.15, 0.2) is 0 Å². The van der Waals surface area contributed by atoms with Gasteiger partial charge in [-0.3, -0.25) is 29.0 Å². The molecule has 4 atom stereocenters. The molecule has 0 N–H and O–H groups in total. The highest BCUT2D eigenvalue weighted by Gasteiger charge is 2.55. The van der Waals surface area contributed by atoms with Gasteiger partial charge in [-0.25, -0.2) is 20.0 Å². The van der Waals surface area contributed by atoms with E-state index < -0.39 is 35.8 Å². The Morgan fingerprint density at radius 2 is 0.567 bits per heavy atom. The minimum Gasteiger partial charge on any atom is -0.295 e. The van der Waals surface area contributed by atoms with E-state index >= 15 is 0 Å². The van der Waals surface area contributed by atoms with Crippen LogP contribution in [-0.2, 0) is 19.2 Å². The Morgan fingerprint density at radius 1 is 0.367 bits per heavy atom. The second kappa shape index (κ2) is 15.8. The second-order valence-corrected chi connectivity index (χ2v) is 15.9. The van der Waals surface area contributed by atoms with Gasteiger partial charge < -0.3 is 0 Å². The first-order chi connectivity index (χ1) is 29.1. The summed E-state index contributed by atoms with van der Waals surface area (Å²) in [5.74, 6) is -3.80. The van der Waals surface area contributed by atoms with Crippen LogP contribution in [-0.4, -0.2) is 94.5 Å². The van der Waals surface area contributed by atoms with E-state index in [1.54, 1.807) is 0 Å². The molecule has 4 unspecified atom stereocenters. The van der Waals surface area contributed by atoms with E-state index in [0.29, 0.717) is 71.8 Å². The monoisotopic (exact) mass is 802 g/mol. The first kappa shape index (κ1) is 38.9. The van der Waals surface area contributed by atoms with Crippen LogP contribution in [0.1, 0.15) is 27.7 Å². The maximum atomic E-state index is 14.6. The van der Waals surface area contributed by atoms with Crippen LogP contribution in [0.4, 0.5) is 22.7 Å². The lowest BCUT2D eigenvalue weighted by atomic mass is 9.80. The summed E-state index contributed by atoms with van der Waals surface area (Å²) in [5, 5.41) is 24.8. The molecule has 0 bridgehead atoms. The fourth-order valence-corrected chi connectivity index (χ4v) is 9.47. The summed E-state index contributed by atoms with van der Waals surface area (Å²) in [6.07, 6.45) is 0. The topological polar surface area (TPSA) is 137 Å². The average Bonchev–Trinajstić information content (AvgIpc) is 3.95. The second-order valence-electron chi connectivity index (χ2n) is 15.9. The molecule has 9 rings (SSSR count). The molecule has 0 aliphatic carbocycles. The fraction of sp³-hybridized carbons (Fsp3) is 0.304. The lowest BCUT2D eigenvalue weighted by Gasteiger charge is -2.46. The molecule has 5 heterocycles. The Bertz CT molecular complexity index is 2100. The van der Waals surface area contributed by atoms with Crippen molar-refractivity contribution < 1.29 is 19.2 Å². The summed E-state index contributed by atoms with van der Waals surface area (Å²) in [4.78, 5) is 62.7. The maximum absolute atomic E-state index is 14.6. The van der Waals surface area contributed by atoms with E-state index in [-0.39, 0.29) is 23.6 Å². The number of hydrogen-bond donors (Lipinski definition) is 0. The van der Waals surface area contributed by atoms with Crippen LogP contribution < -0.4 is 20.0 Å². The van der Waals surface area contributed by atoms with Crippen molar-refractivity contribution in [2.75, 3.05) is 46.2 Å². The smallest absolute Gasteiger partial charge is 0.257 e. The van der Waals surface area contributed by atoms with Crippen LogP contribution in [0.2, 0.25) is 0 Å². The molecule has 0 aromatic heterocycles. The van der Waals surface area contributed by atoms with Gasteiger partial charge in [0.2, 0.25) is 0 Å². The summed E-state index contributed by atoms with van der Waals surface area (Å²) < 4.78 is 0. The van der Waals surface area contributed by atoms with E-state index in [2.05, 4.69) is 9.80 Å². The van der Waals surface area contributed by atoms with Gasteiger partial charge in [-0.05, 0) is 76.2 Å². The van der Waals surface area contributed by atoms with Crippen molar-refractivity contribution in [3.63, 3.8) is 0 Å². The standard InChI is InChI=1S/C46H46N10O4/c1-29-37(43(57)53(47-29)33-17-9-5-10-18-33)41(38-30(2)48-54(44(38)58)34-19-11-6-12-20-34)51-25-27-52(28-26-51)42(39-31(3)49-55(45(39)59)35-21-13-7-14-22-35)40-32(4)50-56(46(40)60)36-23-15-8-16-24-36/h5-24,37-42H,25-28H2,1-4H3. The van der Waals surface area contributed by atoms with Crippen LogP contribution in [0, 0.1) is 23.7 Å². The highest BCUT2D eigenvalue weighted by atomic mass is 16.2. The third-order valence-corrected chi connectivity index (χ3v) is 12.3. The van der Waals surface area contributed by atoms with Crippen LogP contribution in [0.15, 0.2) is 142 Å². The summed E-state index contributed by atoms with van der Waals surface area (Å²) in [6.45, 7) is 9.15. The van der Waals surface area contributed by atoms with E-state index in [1.807, 2.05) is 149 Å². The largest absolute Gasteiger partial charge is 0.295 e. The Kier molecular flexibility index (Phi) is 10.3. The van der Waals surface area contributed by atoms with Crippen molar-refractivity contribution in [1.82, 2.24) is 9.80 Å². The molecular formula is C46H46N10O4. The number of hydrazone groups is 4. The summed E-state index contributed by atoms with van der Waals surface area (Å²) in [6, 6.07) is 36.0. The first-order valence-corrected chi connectivity index (χ1v) is 20.4. The molecule has 0 saturated carbocycles. The summed E-state index contributed by atoms with van der Waals surface area (Å²) in [5.41, 5.74) is 5.04. The molecular weight excluding hydrogens is 757 g/mol. The fourth-order valence-electron chi connectivity index (χ4n) is 9.47. The Morgan fingerprint density at radius 3 is 0.767 bits per heavy atom.